The van der Waals surface area contributed by atoms with Gasteiger partial charge in [0.05, 0.1) is 6.10 Å². The molecule has 2 saturated carbocycles. The quantitative estimate of drug-likeness (QED) is 0.314. The number of fused-ring (bicyclic) bond motifs is 5. The number of unbranched alkanes of at least 4 members (excludes halogenated alkanes) is 2. The van der Waals surface area contributed by atoms with Crippen molar-refractivity contribution >= 4 is 5.97 Å². The number of rotatable bonds is 5. The number of esters is 1. The molecular formula is C25H34O3. The van der Waals surface area contributed by atoms with Gasteiger partial charge < -0.3 is 9.84 Å². The summed E-state index contributed by atoms with van der Waals surface area (Å²) in [7, 11) is 0. The maximum absolute atomic E-state index is 12.1. The molecule has 3 nitrogen and oxygen atoms in total. The maximum atomic E-state index is 12.1. The fraction of sp³-hybridized carbons (Fsp3) is 0.640. The summed E-state index contributed by atoms with van der Waals surface area (Å²) in [4.78, 5) is 12.1. The van der Waals surface area contributed by atoms with Crippen LogP contribution >= 0.6 is 0 Å². The monoisotopic (exact) mass is 382 g/mol. The van der Waals surface area contributed by atoms with E-state index in [1.165, 1.54) is 11.1 Å². The second-order valence-electron chi connectivity index (χ2n) is 9.44. The fourth-order valence-corrected chi connectivity index (χ4v) is 6.24. The zero-order valence-corrected chi connectivity index (χ0v) is 17.4. The number of ether oxygens (including phenoxy) is 1. The topological polar surface area (TPSA) is 46.5 Å². The summed E-state index contributed by atoms with van der Waals surface area (Å²) in [6.45, 7) is 8.70. The molecule has 0 spiro atoms. The molecule has 152 valence electrons. The summed E-state index contributed by atoms with van der Waals surface area (Å²) in [5.74, 6) is 2.31. The highest BCUT2D eigenvalue weighted by molar-refractivity contribution is 5.72. The molecule has 3 heteroatoms. The van der Waals surface area contributed by atoms with Gasteiger partial charge in [0.15, 0.2) is 0 Å². The molecule has 0 saturated heterocycles. The summed E-state index contributed by atoms with van der Waals surface area (Å²) in [6.07, 6.45) is 8.60. The van der Waals surface area contributed by atoms with Crippen LogP contribution in [0.4, 0.5) is 0 Å². The molecule has 1 N–H and O–H groups in total. The number of benzene rings is 1. The third-order valence-corrected chi connectivity index (χ3v) is 7.92. The lowest BCUT2D eigenvalue weighted by molar-refractivity contribution is -0.134. The molecule has 2 fully saturated rings. The number of aryl methyl sites for hydroxylation is 1. The molecule has 0 amide bonds. The van der Waals surface area contributed by atoms with Gasteiger partial charge >= 0.3 is 5.97 Å². The molecule has 0 bridgehead atoms. The van der Waals surface area contributed by atoms with Gasteiger partial charge in [0.1, 0.15) is 5.75 Å². The number of hydrogen-bond acceptors (Lipinski definition) is 3. The molecule has 28 heavy (non-hydrogen) atoms. The van der Waals surface area contributed by atoms with Gasteiger partial charge in [-0.15, -0.1) is 0 Å². The van der Waals surface area contributed by atoms with Crippen molar-refractivity contribution in [1.82, 2.24) is 0 Å². The van der Waals surface area contributed by atoms with Gasteiger partial charge in [-0.25, -0.2) is 0 Å². The Morgan fingerprint density at radius 1 is 1.32 bits per heavy atom. The lowest BCUT2D eigenvalue weighted by Crippen LogP contribution is -2.40. The molecule has 0 heterocycles. The van der Waals surface area contributed by atoms with Gasteiger partial charge in [-0.1, -0.05) is 39.3 Å². The van der Waals surface area contributed by atoms with Gasteiger partial charge in [0.25, 0.3) is 0 Å². The number of carbonyl (C=O) groups excluding carboxylic acids is 1. The van der Waals surface area contributed by atoms with Gasteiger partial charge in [0.2, 0.25) is 0 Å². The van der Waals surface area contributed by atoms with E-state index in [0.717, 1.165) is 56.9 Å². The third-order valence-electron chi connectivity index (χ3n) is 7.92. The molecule has 0 aromatic heterocycles. The van der Waals surface area contributed by atoms with Gasteiger partial charge in [-0.05, 0) is 90.5 Å². The van der Waals surface area contributed by atoms with Gasteiger partial charge in [-0.3, -0.25) is 4.79 Å². The van der Waals surface area contributed by atoms with Crippen molar-refractivity contribution in [1.29, 1.82) is 0 Å². The normalized spacial score (nSPS) is 33.8. The number of aliphatic hydroxyl groups excluding tert-OH is 1. The lowest BCUT2D eigenvalue weighted by Gasteiger charge is -2.49. The zero-order valence-electron chi connectivity index (χ0n) is 17.4. The Morgan fingerprint density at radius 2 is 2.14 bits per heavy atom. The Morgan fingerprint density at radius 3 is 2.93 bits per heavy atom. The average molecular weight is 383 g/mol. The minimum atomic E-state index is -0.329. The van der Waals surface area contributed by atoms with E-state index >= 15 is 0 Å². The van der Waals surface area contributed by atoms with Crippen LogP contribution in [0.2, 0.25) is 0 Å². The SMILES string of the molecule is C=C1[C@H](O)C[C@H]2[C@@H]3CCc4cc(OC(=O)CCCCC)ccc4[C@H]3CC[C@]12C. The Balaban J connectivity index is 1.49. The van der Waals surface area contributed by atoms with Crippen LogP contribution in [-0.4, -0.2) is 17.2 Å². The molecule has 0 aliphatic heterocycles. The predicted molar refractivity (Wildman–Crippen MR) is 111 cm³/mol. The average Bonchev–Trinajstić information content (AvgIpc) is 2.91. The van der Waals surface area contributed by atoms with E-state index in [0.29, 0.717) is 29.9 Å². The Bertz CT molecular complexity index is 767. The van der Waals surface area contributed by atoms with E-state index in [2.05, 4.69) is 32.6 Å². The Labute approximate surface area is 169 Å². The highest BCUT2D eigenvalue weighted by Crippen LogP contribution is 2.62. The van der Waals surface area contributed by atoms with E-state index in [-0.39, 0.29) is 17.5 Å². The van der Waals surface area contributed by atoms with Gasteiger partial charge in [0, 0.05) is 6.42 Å². The van der Waals surface area contributed by atoms with Gasteiger partial charge in [-0.2, -0.15) is 0 Å². The molecule has 1 aromatic rings. The van der Waals surface area contributed by atoms with Crippen molar-refractivity contribution in [2.75, 3.05) is 0 Å². The summed E-state index contributed by atoms with van der Waals surface area (Å²) in [6, 6.07) is 6.28. The second kappa shape index (κ2) is 7.67. The molecule has 0 radical (unpaired) electrons. The first-order chi connectivity index (χ1) is 13.4. The molecule has 3 aliphatic rings. The first kappa shape index (κ1) is 19.7. The third kappa shape index (κ3) is 3.32. The largest absolute Gasteiger partial charge is 0.427 e. The van der Waals surface area contributed by atoms with Crippen molar-refractivity contribution < 1.29 is 14.6 Å². The molecule has 3 aliphatic carbocycles. The van der Waals surface area contributed by atoms with Crippen molar-refractivity contribution in [3.63, 3.8) is 0 Å². The van der Waals surface area contributed by atoms with E-state index < -0.39 is 0 Å². The summed E-state index contributed by atoms with van der Waals surface area (Å²) in [5.41, 5.74) is 3.95. The zero-order chi connectivity index (χ0) is 19.9. The van der Waals surface area contributed by atoms with Crippen LogP contribution in [0.25, 0.3) is 0 Å². The molecule has 5 atom stereocenters. The van der Waals surface area contributed by atoms with Crippen molar-refractivity contribution in [3.8, 4) is 5.75 Å². The summed E-state index contributed by atoms with van der Waals surface area (Å²) < 4.78 is 5.59. The van der Waals surface area contributed by atoms with Crippen LogP contribution in [0.5, 0.6) is 5.75 Å². The standard InChI is InChI=1S/C25H34O3/c1-4-5-6-7-24(27)28-18-9-11-19-17(14-18)8-10-21-20(19)12-13-25(3)16(2)23(26)15-22(21)25/h9,11,14,20-23,26H,2,4-8,10,12-13,15H2,1,3H3/t20-,21-,22+,23-,25-/m1/s1. The van der Waals surface area contributed by atoms with E-state index in [1.807, 2.05) is 6.07 Å². The number of hydrogen-bond donors (Lipinski definition) is 1. The number of carbonyl (C=O) groups is 1. The highest BCUT2D eigenvalue weighted by atomic mass is 16.5. The summed E-state index contributed by atoms with van der Waals surface area (Å²) >= 11 is 0. The molecule has 0 unspecified atom stereocenters. The van der Waals surface area contributed by atoms with Crippen molar-refractivity contribution in [2.24, 2.45) is 17.3 Å². The Hall–Kier alpha value is -1.61. The predicted octanol–water partition coefficient (Wildman–Crippen LogP) is 5.56. The highest BCUT2D eigenvalue weighted by Gasteiger charge is 2.54. The first-order valence-electron chi connectivity index (χ1n) is 11.1. The molecular weight excluding hydrogens is 348 g/mol. The molecule has 1 aromatic carbocycles. The summed E-state index contributed by atoms with van der Waals surface area (Å²) in [5, 5.41) is 10.4. The van der Waals surface area contributed by atoms with Crippen LogP contribution in [0, 0.1) is 17.3 Å². The number of aliphatic hydroxyl groups is 1. The minimum Gasteiger partial charge on any atom is -0.427 e. The second-order valence-corrected chi connectivity index (χ2v) is 9.44. The van der Waals surface area contributed by atoms with Crippen LogP contribution in [-0.2, 0) is 11.2 Å². The minimum absolute atomic E-state index is 0.103. The molecule has 4 rings (SSSR count). The lowest BCUT2D eigenvalue weighted by atomic mass is 9.55. The van der Waals surface area contributed by atoms with Crippen molar-refractivity contribution in [3.05, 3.63) is 41.5 Å². The maximum Gasteiger partial charge on any atom is 0.311 e. The van der Waals surface area contributed by atoms with Crippen LogP contribution in [0.3, 0.4) is 0 Å². The van der Waals surface area contributed by atoms with E-state index in [4.69, 9.17) is 4.74 Å². The van der Waals surface area contributed by atoms with Crippen LogP contribution in [0.15, 0.2) is 30.4 Å². The van der Waals surface area contributed by atoms with Crippen LogP contribution < -0.4 is 4.74 Å². The van der Waals surface area contributed by atoms with Crippen LogP contribution in [0.1, 0.15) is 82.3 Å². The smallest absolute Gasteiger partial charge is 0.311 e. The fourth-order valence-electron chi connectivity index (χ4n) is 6.24. The van der Waals surface area contributed by atoms with E-state index in [1.54, 1.807) is 0 Å². The van der Waals surface area contributed by atoms with E-state index in [9.17, 15) is 9.90 Å². The first-order valence-corrected chi connectivity index (χ1v) is 11.1. The Kier molecular flexibility index (Phi) is 5.39. The van der Waals surface area contributed by atoms with Crippen molar-refractivity contribution in [2.45, 2.75) is 83.7 Å².